The van der Waals surface area contributed by atoms with Crippen LogP contribution in [0.2, 0.25) is 0 Å². The molecule has 1 aliphatic rings. The molecule has 0 aromatic heterocycles. The highest BCUT2D eigenvalue weighted by molar-refractivity contribution is 5.27. The topological polar surface area (TPSA) is 24.1 Å². The minimum atomic E-state index is 0.485. The second-order valence-corrected chi connectivity index (χ2v) is 5.69. The molecule has 1 aliphatic heterocycles. The highest BCUT2D eigenvalue weighted by Crippen LogP contribution is 2.28. The highest BCUT2D eigenvalue weighted by Gasteiger charge is 2.23. The van der Waals surface area contributed by atoms with E-state index in [2.05, 4.69) is 55.8 Å². The Hall–Kier alpha value is -0.860. The summed E-state index contributed by atoms with van der Waals surface area (Å²) in [5, 5.41) is 7.01. The van der Waals surface area contributed by atoms with Crippen molar-refractivity contribution in [3.05, 3.63) is 35.4 Å². The maximum absolute atomic E-state index is 3.51. The fourth-order valence-electron chi connectivity index (χ4n) is 2.93. The predicted molar refractivity (Wildman–Crippen MR) is 77.9 cm³/mol. The number of nitrogens with one attached hydrogen (secondary N) is 2. The molecule has 1 heterocycles. The predicted octanol–water partition coefficient (Wildman–Crippen LogP) is 3.07. The Bertz CT molecular complexity index is 350. The van der Waals surface area contributed by atoms with Gasteiger partial charge in [0.05, 0.1) is 0 Å². The Balaban J connectivity index is 2.11. The number of rotatable bonds is 4. The second kappa shape index (κ2) is 6.35. The van der Waals surface area contributed by atoms with Gasteiger partial charge in [0, 0.05) is 6.04 Å². The molecule has 2 heteroatoms. The molecule has 2 rings (SSSR count). The molecule has 2 unspecified atom stereocenters. The molecule has 0 aliphatic carbocycles. The third kappa shape index (κ3) is 3.12. The van der Waals surface area contributed by atoms with Gasteiger partial charge < -0.3 is 10.6 Å². The summed E-state index contributed by atoms with van der Waals surface area (Å²) in [5.74, 6) is 1.33. The molecule has 2 N–H and O–H groups in total. The van der Waals surface area contributed by atoms with Gasteiger partial charge in [-0.1, -0.05) is 38.1 Å². The van der Waals surface area contributed by atoms with Crippen LogP contribution in [0.3, 0.4) is 0 Å². The third-order valence-corrected chi connectivity index (χ3v) is 4.08. The number of hydrogen-bond donors (Lipinski definition) is 2. The molecule has 1 fully saturated rings. The van der Waals surface area contributed by atoms with Crippen LogP contribution in [0, 0.1) is 5.92 Å². The van der Waals surface area contributed by atoms with Crippen molar-refractivity contribution in [2.24, 2.45) is 5.92 Å². The SMILES string of the molecule is CNC(c1ccc(C(C)C)cc1)C1CCCNC1. The van der Waals surface area contributed by atoms with Crippen molar-refractivity contribution in [1.29, 1.82) is 0 Å². The zero-order valence-corrected chi connectivity index (χ0v) is 11.9. The lowest BCUT2D eigenvalue weighted by atomic mass is 9.86. The highest BCUT2D eigenvalue weighted by atomic mass is 14.9. The Labute approximate surface area is 111 Å². The molecule has 0 spiro atoms. The second-order valence-electron chi connectivity index (χ2n) is 5.69. The smallest absolute Gasteiger partial charge is 0.0358 e. The minimum absolute atomic E-state index is 0.485. The normalized spacial score (nSPS) is 22.1. The van der Waals surface area contributed by atoms with Gasteiger partial charge in [-0.3, -0.25) is 0 Å². The standard InChI is InChI=1S/C16H26N2/c1-12(2)13-6-8-14(9-7-13)16(17-3)15-5-4-10-18-11-15/h6-9,12,15-18H,4-5,10-11H2,1-3H3. The molecule has 2 atom stereocenters. The molecule has 2 nitrogen and oxygen atoms in total. The van der Waals surface area contributed by atoms with Gasteiger partial charge in [-0.15, -0.1) is 0 Å². The molecular weight excluding hydrogens is 220 g/mol. The molecular formula is C16H26N2. The van der Waals surface area contributed by atoms with Crippen molar-refractivity contribution in [3.8, 4) is 0 Å². The maximum Gasteiger partial charge on any atom is 0.0358 e. The van der Waals surface area contributed by atoms with E-state index in [1.54, 1.807) is 0 Å². The van der Waals surface area contributed by atoms with Gasteiger partial charge in [-0.25, -0.2) is 0 Å². The molecule has 1 saturated heterocycles. The van der Waals surface area contributed by atoms with Crippen LogP contribution in [0.4, 0.5) is 0 Å². The van der Waals surface area contributed by atoms with E-state index in [-0.39, 0.29) is 0 Å². The van der Waals surface area contributed by atoms with Crippen LogP contribution in [0.25, 0.3) is 0 Å². The van der Waals surface area contributed by atoms with Crippen molar-refractivity contribution in [3.63, 3.8) is 0 Å². The Kier molecular flexibility index (Phi) is 4.79. The Morgan fingerprint density at radius 2 is 1.83 bits per heavy atom. The van der Waals surface area contributed by atoms with E-state index in [0.717, 1.165) is 6.54 Å². The number of piperidine rings is 1. The number of hydrogen-bond acceptors (Lipinski definition) is 2. The number of benzene rings is 1. The van der Waals surface area contributed by atoms with Crippen molar-refractivity contribution < 1.29 is 0 Å². The first kappa shape index (κ1) is 13.6. The van der Waals surface area contributed by atoms with Gasteiger partial charge in [0.1, 0.15) is 0 Å². The molecule has 0 bridgehead atoms. The van der Waals surface area contributed by atoms with Gasteiger partial charge in [-0.2, -0.15) is 0 Å². The summed E-state index contributed by atoms with van der Waals surface area (Å²) in [5.41, 5.74) is 2.85. The van der Waals surface area contributed by atoms with Gasteiger partial charge >= 0.3 is 0 Å². The van der Waals surface area contributed by atoms with E-state index in [1.165, 1.54) is 30.5 Å². The molecule has 1 aromatic carbocycles. The van der Waals surface area contributed by atoms with Crippen molar-refractivity contribution in [2.45, 2.75) is 38.6 Å². The monoisotopic (exact) mass is 246 g/mol. The molecule has 1 aromatic rings. The first-order valence-corrected chi connectivity index (χ1v) is 7.20. The first-order chi connectivity index (χ1) is 8.72. The first-order valence-electron chi connectivity index (χ1n) is 7.20. The fourth-order valence-corrected chi connectivity index (χ4v) is 2.93. The molecule has 100 valence electrons. The summed E-state index contributed by atoms with van der Waals surface area (Å²) >= 11 is 0. The van der Waals surface area contributed by atoms with E-state index in [1.807, 2.05) is 0 Å². The van der Waals surface area contributed by atoms with Crippen LogP contribution in [-0.4, -0.2) is 20.1 Å². The van der Waals surface area contributed by atoms with Crippen molar-refractivity contribution in [1.82, 2.24) is 10.6 Å². The van der Waals surface area contributed by atoms with Gasteiger partial charge in [-0.05, 0) is 55.9 Å². The van der Waals surface area contributed by atoms with Crippen LogP contribution < -0.4 is 10.6 Å². The zero-order valence-electron chi connectivity index (χ0n) is 11.9. The average molecular weight is 246 g/mol. The Morgan fingerprint density at radius 3 is 2.33 bits per heavy atom. The summed E-state index contributed by atoms with van der Waals surface area (Å²) in [6, 6.07) is 9.64. The third-order valence-electron chi connectivity index (χ3n) is 4.08. The van der Waals surface area contributed by atoms with Crippen molar-refractivity contribution >= 4 is 0 Å². The van der Waals surface area contributed by atoms with E-state index < -0.39 is 0 Å². The lowest BCUT2D eigenvalue weighted by molar-refractivity contribution is 0.298. The molecule has 0 saturated carbocycles. The van der Waals surface area contributed by atoms with Crippen LogP contribution in [0.1, 0.15) is 49.8 Å². The lowest BCUT2D eigenvalue weighted by Gasteiger charge is -2.31. The van der Waals surface area contributed by atoms with Crippen LogP contribution in [-0.2, 0) is 0 Å². The van der Waals surface area contributed by atoms with Crippen LogP contribution >= 0.6 is 0 Å². The minimum Gasteiger partial charge on any atom is -0.316 e. The van der Waals surface area contributed by atoms with E-state index in [9.17, 15) is 0 Å². The maximum atomic E-state index is 3.51. The average Bonchev–Trinajstić information content (AvgIpc) is 2.41. The zero-order chi connectivity index (χ0) is 13.0. The summed E-state index contributed by atoms with van der Waals surface area (Å²) < 4.78 is 0. The molecule has 18 heavy (non-hydrogen) atoms. The van der Waals surface area contributed by atoms with Crippen molar-refractivity contribution in [2.75, 3.05) is 20.1 Å². The summed E-state index contributed by atoms with van der Waals surface area (Å²) in [4.78, 5) is 0. The van der Waals surface area contributed by atoms with Gasteiger partial charge in [0.2, 0.25) is 0 Å². The summed E-state index contributed by atoms with van der Waals surface area (Å²) in [7, 11) is 2.08. The Morgan fingerprint density at radius 1 is 1.17 bits per heavy atom. The van der Waals surface area contributed by atoms with Gasteiger partial charge in [0.15, 0.2) is 0 Å². The summed E-state index contributed by atoms with van der Waals surface area (Å²) in [6.45, 7) is 6.81. The van der Waals surface area contributed by atoms with Gasteiger partial charge in [0.25, 0.3) is 0 Å². The van der Waals surface area contributed by atoms with Crippen LogP contribution in [0.15, 0.2) is 24.3 Å². The lowest BCUT2D eigenvalue weighted by Crippen LogP contribution is -2.37. The summed E-state index contributed by atoms with van der Waals surface area (Å²) in [6.07, 6.45) is 2.62. The quantitative estimate of drug-likeness (QED) is 0.853. The van der Waals surface area contributed by atoms with E-state index in [0.29, 0.717) is 17.9 Å². The van der Waals surface area contributed by atoms with E-state index >= 15 is 0 Å². The largest absolute Gasteiger partial charge is 0.316 e. The molecule has 0 radical (unpaired) electrons. The molecule has 0 amide bonds. The van der Waals surface area contributed by atoms with E-state index in [4.69, 9.17) is 0 Å². The fraction of sp³-hybridized carbons (Fsp3) is 0.625. The van der Waals surface area contributed by atoms with Crippen LogP contribution in [0.5, 0.6) is 0 Å².